The zero-order chi connectivity index (χ0) is 17.5. The van der Waals surface area contributed by atoms with E-state index in [4.69, 9.17) is 10.3 Å². The Morgan fingerprint density at radius 2 is 1.71 bits per heavy atom. The Labute approximate surface area is 152 Å². The van der Waals surface area contributed by atoms with Gasteiger partial charge in [-0.1, -0.05) is 29.4 Å². The van der Waals surface area contributed by atoms with E-state index in [1.54, 1.807) is 36.4 Å². The first kappa shape index (κ1) is 17.9. The summed E-state index contributed by atoms with van der Waals surface area (Å²) < 4.78 is 0.854. The zero-order valence-corrected chi connectivity index (χ0v) is 14.7. The molecule has 1 amide bonds. The number of carboxylic acids is 1. The van der Waals surface area contributed by atoms with E-state index in [-0.39, 0.29) is 24.5 Å². The monoisotopic (exact) mass is 438 g/mol. The number of halogens is 1. The second kappa shape index (κ2) is 8.44. The number of carboxylic acid groups (broad SMARTS) is 1. The van der Waals surface area contributed by atoms with Crippen LogP contribution in [-0.2, 0) is 4.79 Å². The van der Waals surface area contributed by atoms with Crippen LogP contribution in [0.3, 0.4) is 0 Å². The zero-order valence-electron chi connectivity index (χ0n) is 12.6. The highest BCUT2D eigenvalue weighted by molar-refractivity contribution is 14.1. The topological polar surface area (TPSA) is 99.0 Å². The average molecular weight is 438 g/mol. The molecule has 0 unspecified atom stereocenters. The van der Waals surface area contributed by atoms with Crippen LogP contribution >= 0.6 is 22.6 Å². The minimum absolute atomic E-state index is 0.121. The van der Waals surface area contributed by atoms with E-state index >= 15 is 0 Å². The van der Waals surface area contributed by atoms with E-state index in [0.717, 1.165) is 3.57 Å². The van der Waals surface area contributed by atoms with Crippen molar-refractivity contribution in [3.05, 3.63) is 63.2 Å². The normalized spacial score (nSPS) is 11.1. The van der Waals surface area contributed by atoms with Crippen LogP contribution in [-0.4, -0.2) is 27.9 Å². The summed E-state index contributed by atoms with van der Waals surface area (Å²) >= 11 is 2.10. The number of nitrogens with one attached hydrogen (secondary N) is 1. The summed E-state index contributed by atoms with van der Waals surface area (Å²) in [6.45, 7) is 0. The molecule has 124 valence electrons. The van der Waals surface area contributed by atoms with Crippen LogP contribution in [0.5, 0.6) is 0 Å². The SMILES string of the molecule is O=C(O)CCC(=NO)c1ccc(NC(=O)c2ccccc2I)cc1. The van der Waals surface area contributed by atoms with Crippen LogP contribution in [0.4, 0.5) is 5.69 Å². The summed E-state index contributed by atoms with van der Waals surface area (Å²) in [6, 6.07) is 13.9. The van der Waals surface area contributed by atoms with Gasteiger partial charge < -0.3 is 15.6 Å². The van der Waals surface area contributed by atoms with Crippen LogP contribution in [0.15, 0.2) is 53.7 Å². The summed E-state index contributed by atoms with van der Waals surface area (Å²) in [4.78, 5) is 22.8. The summed E-state index contributed by atoms with van der Waals surface area (Å²) in [5.41, 5.74) is 2.07. The van der Waals surface area contributed by atoms with Gasteiger partial charge in [-0.05, 0) is 52.4 Å². The van der Waals surface area contributed by atoms with Gasteiger partial charge in [-0.25, -0.2) is 0 Å². The van der Waals surface area contributed by atoms with E-state index in [1.807, 2.05) is 12.1 Å². The highest BCUT2D eigenvalue weighted by Gasteiger charge is 2.11. The van der Waals surface area contributed by atoms with Crippen molar-refractivity contribution in [3.63, 3.8) is 0 Å². The van der Waals surface area contributed by atoms with Gasteiger partial charge in [-0.2, -0.15) is 0 Å². The molecule has 2 rings (SSSR count). The molecule has 0 atom stereocenters. The van der Waals surface area contributed by atoms with Crippen LogP contribution in [0.25, 0.3) is 0 Å². The Morgan fingerprint density at radius 3 is 2.29 bits per heavy atom. The maximum absolute atomic E-state index is 12.2. The van der Waals surface area contributed by atoms with Gasteiger partial charge in [0.2, 0.25) is 0 Å². The number of amides is 1. The van der Waals surface area contributed by atoms with E-state index < -0.39 is 5.97 Å². The van der Waals surface area contributed by atoms with Crippen LogP contribution in [0.1, 0.15) is 28.8 Å². The van der Waals surface area contributed by atoms with Gasteiger partial charge in [0, 0.05) is 15.7 Å². The standard InChI is InChI=1S/C17H15IN2O4/c18-14-4-2-1-3-13(14)17(23)19-12-7-5-11(6-8-12)15(20-24)9-10-16(21)22/h1-8,24H,9-10H2,(H,19,23)(H,21,22). The number of rotatable bonds is 6. The highest BCUT2D eigenvalue weighted by atomic mass is 127. The average Bonchev–Trinajstić information content (AvgIpc) is 2.57. The molecule has 0 spiro atoms. The second-order valence-corrected chi connectivity index (χ2v) is 6.11. The summed E-state index contributed by atoms with van der Waals surface area (Å²) in [7, 11) is 0. The minimum Gasteiger partial charge on any atom is -0.481 e. The number of hydrogen-bond acceptors (Lipinski definition) is 4. The number of benzene rings is 2. The Balaban J connectivity index is 2.08. The van der Waals surface area contributed by atoms with Crippen molar-refractivity contribution >= 4 is 45.9 Å². The van der Waals surface area contributed by atoms with Crippen molar-refractivity contribution in [2.45, 2.75) is 12.8 Å². The van der Waals surface area contributed by atoms with Crippen molar-refractivity contribution in [1.82, 2.24) is 0 Å². The van der Waals surface area contributed by atoms with E-state index in [9.17, 15) is 9.59 Å². The maximum Gasteiger partial charge on any atom is 0.303 e. The molecule has 0 fully saturated rings. The molecular formula is C17H15IN2O4. The molecule has 24 heavy (non-hydrogen) atoms. The van der Waals surface area contributed by atoms with Crippen LogP contribution in [0, 0.1) is 3.57 Å². The molecule has 0 saturated heterocycles. The molecule has 0 aliphatic heterocycles. The summed E-state index contributed by atoms with van der Waals surface area (Å²) in [5.74, 6) is -1.17. The lowest BCUT2D eigenvalue weighted by Crippen LogP contribution is -2.13. The Hall–Kier alpha value is -2.42. The molecule has 2 aromatic carbocycles. The molecular weight excluding hydrogens is 423 g/mol. The minimum atomic E-state index is -0.961. The lowest BCUT2D eigenvalue weighted by molar-refractivity contribution is -0.136. The lowest BCUT2D eigenvalue weighted by atomic mass is 10.1. The molecule has 6 nitrogen and oxygen atoms in total. The Bertz CT molecular complexity index is 772. The van der Waals surface area contributed by atoms with Gasteiger partial charge in [0.05, 0.1) is 17.7 Å². The third kappa shape index (κ3) is 4.79. The predicted molar refractivity (Wildman–Crippen MR) is 98.7 cm³/mol. The molecule has 0 saturated carbocycles. The lowest BCUT2D eigenvalue weighted by Gasteiger charge is -2.08. The number of carbonyl (C=O) groups excluding carboxylic acids is 1. The van der Waals surface area contributed by atoms with Crippen molar-refractivity contribution in [2.75, 3.05) is 5.32 Å². The van der Waals surface area contributed by atoms with Crippen molar-refractivity contribution in [1.29, 1.82) is 0 Å². The quantitative estimate of drug-likeness (QED) is 0.278. The maximum atomic E-state index is 12.2. The van der Waals surface area contributed by atoms with Crippen LogP contribution in [0.2, 0.25) is 0 Å². The predicted octanol–water partition coefficient (Wildman–Crippen LogP) is 3.59. The number of anilines is 1. The molecule has 0 bridgehead atoms. The number of aliphatic carboxylic acids is 1. The molecule has 0 heterocycles. The number of oxime groups is 1. The van der Waals surface area contributed by atoms with Gasteiger partial charge in [0.15, 0.2) is 0 Å². The molecule has 2 aromatic rings. The van der Waals surface area contributed by atoms with Gasteiger partial charge in [0.1, 0.15) is 0 Å². The molecule has 0 aliphatic rings. The van der Waals surface area contributed by atoms with Crippen molar-refractivity contribution < 1.29 is 19.9 Å². The Morgan fingerprint density at radius 1 is 1.04 bits per heavy atom. The van der Waals surface area contributed by atoms with Crippen LogP contribution < -0.4 is 5.32 Å². The highest BCUT2D eigenvalue weighted by Crippen LogP contribution is 2.16. The van der Waals surface area contributed by atoms with Gasteiger partial charge in [0.25, 0.3) is 5.91 Å². The molecule has 0 aliphatic carbocycles. The van der Waals surface area contributed by atoms with Gasteiger partial charge in [-0.15, -0.1) is 0 Å². The number of hydrogen-bond donors (Lipinski definition) is 3. The fourth-order valence-corrected chi connectivity index (χ4v) is 2.70. The first-order valence-corrected chi connectivity index (χ1v) is 8.18. The molecule has 0 aromatic heterocycles. The van der Waals surface area contributed by atoms with Crippen molar-refractivity contribution in [3.8, 4) is 0 Å². The second-order valence-electron chi connectivity index (χ2n) is 4.95. The summed E-state index contributed by atoms with van der Waals surface area (Å²) in [5, 5.41) is 23.6. The summed E-state index contributed by atoms with van der Waals surface area (Å²) in [6.07, 6.45) is 0.00404. The third-order valence-corrected chi connectivity index (χ3v) is 4.23. The molecule has 0 radical (unpaired) electrons. The fraction of sp³-hybridized carbons (Fsp3) is 0.118. The number of nitrogens with zero attached hydrogens (tertiary/aromatic N) is 1. The first-order chi connectivity index (χ1) is 11.5. The molecule has 7 heteroatoms. The Kier molecular flexibility index (Phi) is 6.30. The third-order valence-electron chi connectivity index (χ3n) is 3.29. The van der Waals surface area contributed by atoms with E-state index in [1.165, 1.54) is 0 Å². The van der Waals surface area contributed by atoms with E-state index in [0.29, 0.717) is 16.8 Å². The largest absolute Gasteiger partial charge is 0.481 e. The smallest absolute Gasteiger partial charge is 0.303 e. The first-order valence-electron chi connectivity index (χ1n) is 7.10. The van der Waals surface area contributed by atoms with E-state index in [2.05, 4.69) is 33.1 Å². The molecule has 3 N–H and O–H groups in total. The number of carbonyl (C=O) groups is 2. The van der Waals surface area contributed by atoms with Gasteiger partial charge in [-0.3, -0.25) is 9.59 Å². The van der Waals surface area contributed by atoms with Crippen molar-refractivity contribution in [2.24, 2.45) is 5.16 Å². The fourth-order valence-electron chi connectivity index (χ4n) is 2.07. The van der Waals surface area contributed by atoms with Gasteiger partial charge >= 0.3 is 5.97 Å².